The van der Waals surface area contributed by atoms with Gasteiger partial charge in [-0.2, -0.15) is 0 Å². The first-order chi connectivity index (χ1) is 12.3. The molecule has 0 atom stereocenters. The van der Waals surface area contributed by atoms with Crippen molar-refractivity contribution in [2.75, 3.05) is 6.61 Å². The fourth-order valence-corrected chi connectivity index (χ4v) is 2.48. The summed E-state index contributed by atoms with van der Waals surface area (Å²) in [6, 6.07) is 14.8. The van der Waals surface area contributed by atoms with Crippen LogP contribution in [-0.2, 0) is 0 Å². The van der Waals surface area contributed by atoms with Crippen LogP contribution in [0.1, 0.15) is 6.92 Å². The van der Waals surface area contributed by atoms with Crippen molar-refractivity contribution in [3.05, 3.63) is 61.1 Å². The SMILES string of the molecule is CCOc1ccc(-c2nnc(-c3ccco3)c(-c3ccco3)n2)cc1. The van der Waals surface area contributed by atoms with Gasteiger partial charge in [-0.25, -0.2) is 4.98 Å². The third-order valence-electron chi connectivity index (χ3n) is 3.62. The van der Waals surface area contributed by atoms with Gasteiger partial charge in [-0.15, -0.1) is 10.2 Å². The summed E-state index contributed by atoms with van der Waals surface area (Å²) in [5.74, 6) is 2.50. The Balaban J connectivity index is 1.79. The Morgan fingerprint density at radius 2 is 1.52 bits per heavy atom. The van der Waals surface area contributed by atoms with Gasteiger partial charge in [0.05, 0.1) is 19.1 Å². The molecule has 4 rings (SSSR count). The molecule has 25 heavy (non-hydrogen) atoms. The van der Waals surface area contributed by atoms with Gasteiger partial charge in [-0.3, -0.25) is 0 Å². The van der Waals surface area contributed by atoms with Crippen LogP contribution in [0.5, 0.6) is 5.75 Å². The lowest BCUT2D eigenvalue weighted by molar-refractivity contribution is 0.340. The van der Waals surface area contributed by atoms with E-state index in [9.17, 15) is 0 Å². The third kappa shape index (κ3) is 3.01. The molecule has 0 bridgehead atoms. The van der Waals surface area contributed by atoms with E-state index in [0.29, 0.717) is 35.3 Å². The Bertz CT molecular complexity index is 946. The van der Waals surface area contributed by atoms with Crippen molar-refractivity contribution < 1.29 is 13.6 Å². The first kappa shape index (κ1) is 15.1. The molecule has 3 heterocycles. The highest BCUT2D eigenvalue weighted by Gasteiger charge is 2.18. The molecule has 0 radical (unpaired) electrons. The van der Waals surface area contributed by atoms with Crippen molar-refractivity contribution >= 4 is 0 Å². The Hall–Kier alpha value is -3.41. The van der Waals surface area contributed by atoms with Crippen molar-refractivity contribution in [3.63, 3.8) is 0 Å². The van der Waals surface area contributed by atoms with Gasteiger partial charge in [0.25, 0.3) is 0 Å². The Labute approximate surface area is 144 Å². The van der Waals surface area contributed by atoms with Crippen LogP contribution in [0.25, 0.3) is 34.3 Å². The minimum atomic E-state index is 0.504. The second kappa shape index (κ2) is 6.60. The van der Waals surface area contributed by atoms with Gasteiger partial charge in [-0.1, -0.05) is 0 Å². The fraction of sp³-hybridized carbons (Fsp3) is 0.105. The van der Waals surface area contributed by atoms with E-state index in [2.05, 4.69) is 15.2 Å². The van der Waals surface area contributed by atoms with Crippen molar-refractivity contribution in [3.8, 4) is 40.0 Å². The molecular formula is C19H15N3O3. The van der Waals surface area contributed by atoms with Gasteiger partial charge in [-0.05, 0) is 55.5 Å². The topological polar surface area (TPSA) is 74.2 Å². The monoisotopic (exact) mass is 333 g/mol. The lowest BCUT2D eigenvalue weighted by atomic mass is 10.2. The molecular weight excluding hydrogens is 318 g/mol. The van der Waals surface area contributed by atoms with Crippen molar-refractivity contribution in [2.45, 2.75) is 6.92 Å². The molecule has 3 aromatic heterocycles. The first-order valence-electron chi connectivity index (χ1n) is 7.91. The number of furan rings is 2. The minimum Gasteiger partial charge on any atom is -0.494 e. The maximum atomic E-state index is 5.51. The van der Waals surface area contributed by atoms with Crippen molar-refractivity contribution in [1.82, 2.24) is 15.2 Å². The summed E-state index contributed by atoms with van der Waals surface area (Å²) in [5.41, 5.74) is 1.96. The molecule has 0 saturated carbocycles. The summed E-state index contributed by atoms with van der Waals surface area (Å²) in [4.78, 5) is 4.65. The number of nitrogens with zero attached hydrogens (tertiary/aromatic N) is 3. The minimum absolute atomic E-state index is 0.504. The van der Waals surface area contributed by atoms with Gasteiger partial charge in [0.2, 0.25) is 0 Å². The summed E-state index contributed by atoms with van der Waals surface area (Å²) >= 11 is 0. The number of hydrogen-bond donors (Lipinski definition) is 0. The van der Waals surface area contributed by atoms with Crippen LogP contribution in [0.3, 0.4) is 0 Å². The highest BCUT2D eigenvalue weighted by atomic mass is 16.5. The maximum Gasteiger partial charge on any atom is 0.182 e. The quantitative estimate of drug-likeness (QED) is 0.537. The van der Waals surface area contributed by atoms with Crippen molar-refractivity contribution in [2.24, 2.45) is 0 Å². The van der Waals surface area contributed by atoms with Crippen LogP contribution in [0, 0.1) is 0 Å². The zero-order valence-electron chi connectivity index (χ0n) is 13.5. The fourth-order valence-electron chi connectivity index (χ4n) is 2.48. The van der Waals surface area contributed by atoms with E-state index in [1.54, 1.807) is 24.7 Å². The molecule has 1 aromatic carbocycles. The van der Waals surface area contributed by atoms with E-state index in [1.807, 2.05) is 43.3 Å². The number of aromatic nitrogens is 3. The van der Waals surface area contributed by atoms with Crippen LogP contribution >= 0.6 is 0 Å². The number of rotatable bonds is 5. The van der Waals surface area contributed by atoms with Crippen LogP contribution in [0.4, 0.5) is 0 Å². The summed E-state index contributed by atoms with van der Waals surface area (Å²) in [5, 5.41) is 8.56. The summed E-state index contributed by atoms with van der Waals surface area (Å²) in [6.07, 6.45) is 3.18. The second-order valence-corrected chi connectivity index (χ2v) is 5.24. The van der Waals surface area contributed by atoms with E-state index in [-0.39, 0.29) is 0 Å². The summed E-state index contributed by atoms with van der Waals surface area (Å²) in [6.45, 7) is 2.57. The van der Waals surface area contributed by atoms with Gasteiger partial charge < -0.3 is 13.6 Å². The maximum absolute atomic E-state index is 5.51. The molecule has 6 heteroatoms. The van der Waals surface area contributed by atoms with E-state index in [4.69, 9.17) is 13.6 Å². The normalized spacial score (nSPS) is 10.8. The highest BCUT2D eigenvalue weighted by Crippen LogP contribution is 2.30. The summed E-state index contributed by atoms with van der Waals surface area (Å²) in [7, 11) is 0. The van der Waals surface area contributed by atoms with Gasteiger partial charge in [0.1, 0.15) is 11.4 Å². The van der Waals surface area contributed by atoms with E-state index in [0.717, 1.165) is 11.3 Å². The molecule has 0 aliphatic carbocycles. The Morgan fingerprint density at radius 3 is 2.12 bits per heavy atom. The first-order valence-corrected chi connectivity index (χ1v) is 7.91. The molecule has 4 aromatic rings. The molecule has 0 unspecified atom stereocenters. The standard InChI is InChI=1S/C19H15N3O3/c1-2-23-14-9-7-13(8-10-14)19-20-17(15-5-3-11-24-15)18(21-22-19)16-6-4-12-25-16/h3-12H,2H2,1H3. The van der Waals surface area contributed by atoms with E-state index in [1.165, 1.54) is 0 Å². The van der Waals surface area contributed by atoms with Crippen molar-refractivity contribution in [1.29, 1.82) is 0 Å². The average molecular weight is 333 g/mol. The Kier molecular flexibility index (Phi) is 4.00. The second-order valence-electron chi connectivity index (χ2n) is 5.24. The average Bonchev–Trinajstić information content (AvgIpc) is 3.36. The molecule has 0 aliphatic heterocycles. The highest BCUT2D eigenvalue weighted by molar-refractivity contribution is 5.73. The third-order valence-corrected chi connectivity index (χ3v) is 3.62. The molecule has 0 saturated heterocycles. The largest absolute Gasteiger partial charge is 0.494 e. The smallest absolute Gasteiger partial charge is 0.182 e. The molecule has 0 aliphatic rings. The van der Waals surface area contributed by atoms with E-state index < -0.39 is 0 Å². The Morgan fingerprint density at radius 1 is 0.840 bits per heavy atom. The van der Waals surface area contributed by atoms with Gasteiger partial charge >= 0.3 is 0 Å². The molecule has 0 N–H and O–H groups in total. The predicted molar refractivity (Wildman–Crippen MR) is 91.8 cm³/mol. The zero-order chi connectivity index (χ0) is 17.1. The molecule has 6 nitrogen and oxygen atoms in total. The predicted octanol–water partition coefficient (Wildman–Crippen LogP) is 4.46. The van der Waals surface area contributed by atoms with Crippen LogP contribution in [0.2, 0.25) is 0 Å². The molecule has 124 valence electrons. The lowest BCUT2D eigenvalue weighted by Gasteiger charge is -2.07. The van der Waals surface area contributed by atoms with Crippen LogP contribution < -0.4 is 4.74 Å². The number of ether oxygens (including phenoxy) is 1. The molecule has 0 fully saturated rings. The summed E-state index contributed by atoms with van der Waals surface area (Å²) < 4.78 is 16.4. The van der Waals surface area contributed by atoms with E-state index >= 15 is 0 Å². The molecule has 0 amide bonds. The lowest BCUT2D eigenvalue weighted by Crippen LogP contribution is -1.99. The van der Waals surface area contributed by atoms with Crippen LogP contribution in [-0.4, -0.2) is 21.8 Å². The zero-order valence-corrected chi connectivity index (χ0v) is 13.5. The molecule has 0 spiro atoms. The van der Waals surface area contributed by atoms with Crippen LogP contribution in [0.15, 0.2) is 69.9 Å². The number of benzene rings is 1. The number of hydrogen-bond acceptors (Lipinski definition) is 6. The van der Waals surface area contributed by atoms with Gasteiger partial charge in [0.15, 0.2) is 23.0 Å². The van der Waals surface area contributed by atoms with Gasteiger partial charge in [0, 0.05) is 5.56 Å².